The number of hydrogen-bond acceptors (Lipinski definition) is 6. The van der Waals surface area contributed by atoms with Crippen LogP contribution in [0.25, 0.3) is 0 Å². The monoisotopic (exact) mass is 475 g/mol. The number of nitrogens with zero attached hydrogens (tertiary/aromatic N) is 4. The smallest absolute Gasteiger partial charge is 0.234 e. The molecule has 7 nitrogen and oxygen atoms in total. The second-order valence-electron chi connectivity index (χ2n) is 6.94. The average Bonchev–Trinajstić information content (AvgIpc) is 3.45. The molecule has 0 radical (unpaired) electrons. The summed E-state index contributed by atoms with van der Waals surface area (Å²) in [5.74, 6) is 1.86. The van der Waals surface area contributed by atoms with E-state index in [0.29, 0.717) is 11.7 Å². The number of benzene rings is 1. The molecule has 0 atom stereocenters. The molecule has 152 valence electrons. The Hall–Kier alpha value is -2.26. The van der Waals surface area contributed by atoms with Gasteiger partial charge in [0.25, 0.3) is 0 Å². The molecule has 3 heterocycles. The summed E-state index contributed by atoms with van der Waals surface area (Å²) in [7, 11) is 0. The molecule has 3 aromatic rings. The number of aromatic nitrogens is 3. The van der Waals surface area contributed by atoms with Crippen LogP contribution in [0.2, 0.25) is 0 Å². The zero-order valence-electron chi connectivity index (χ0n) is 16.1. The largest absolute Gasteiger partial charge is 0.467 e. The van der Waals surface area contributed by atoms with Crippen molar-refractivity contribution in [3.63, 3.8) is 0 Å². The third-order valence-electron chi connectivity index (χ3n) is 4.78. The van der Waals surface area contributed by atoms with Crippen LogP contribution < -0.4 is 10.2 Å². The topological polar surface area (TPSA) is 76.2 Å². The fourth-order valence-electron chi connectivity index (χ4n) is 3.32. The first-order chi connectivity index (χ1) is 14.1. The third kappa shape index (κ3) is 4.84. The summed E-state index contributed by atoms with van der Waals surface area (Å²) in [6.45, 7) is 4.46. The van der Waals surface area contributed by atoms with Gasteiger partial charge in [-0.15, -0.1) is 10.2 Å². The van der Waals surface area contributed by atoms with Crippen LogP contribution in [0, 0.1) is 6.92 Å². The highest BCUT2D eigenvalue weighted by molar-refractivity contribution is 9.10. The Morgan fingerprint density at radius 3 is 2.83 bits per heavy atom. The van der Waals surface area contributed by atoms with Gasteiger partial charge in [0.1, 0.15) is 5.76 Å². The van der Waals surface area contributed by atoms with Crippen LogP contribution in [0.3, 0.4) is 0 Å². The van der Waals surface area contributed by atoms with Gasteiger partial charge in [-0.3, -0.25) is 9.36 Å². The molecular formula is C20H22BrN5O2S. The van der Waals surface area contributed by atoms with Crippen LogP contribution in [0.1, 0.15) is 24.2 Å². The Bertz CT molecular complexity index is 983. The summed E-state index contributed by atoms with van der Waals surface area (Å²) >= 11 is 4.82. The van der Waals surface area contributed by atoms with E-state index in [1.807, 2.05) is 41.8 Å². The van der Waals surface area contributed by atoms with Crippen molar-refractivity contribution in [2.75, 3.05) is 29.1 Å². The van der Waals surface area contributed by atoms with Crippen molar-refractivity contribution in [2.24, 2.45) is 0 Å². The van der Waals surface area contributed by atoms with Crippen molar-refractivity contribution in [3.05, 3.63) is 52.4 Å². The van der Waals surface area contributed by atoms with E-state index < -0.39 is 0 Å². The van der Waals surface area contributed by atoms with Crippen LogP contribution in [0.4, 0.5) is 11.6 Å². The van der Waals surface area contributed by atoms with Gasteiger partial charge in [0.05, 0.1) is 18.6 Å². The molecule has 4 rings (SSSR count). The lowest BCUT2D eigenvalue weighted by molar-refractivity contribution is -0.113. The Kier molecular flexibility index (Phi) is 6.25. The number of carbonyl (C=O) groups excluding carboxylic acids is 1. The van der Waals surface area contributed by atoms with Gasteiger partial charge in [0.15, 0.2) is 5.16 Å². The predicted molar refractivity (Wildman–Crippen MR) is 118 cm³/mol. The summed E-state index contributed by atoms with van der Waals surface area (Å²) in [6.07, 6.45) is 3.98. The van der Waals surface area contributed by atoms with Gasteiger partial charge >= 0.3 is 0 Å². The van der Waals surface area contributed by atoms with E-state index in [0.717, 1.165) is 53.4 Å². The van der Waals surface area contributed by atoms with Crippen molar-refractivity contribution >= 4 is 45.2 Å². The van der Waals surface area contributed by atoms with E-state index in [1.54, 1.807) is 6.26 Å². The highest BCUT2D eigenvalue weighted by Gasteiger charge is 2.22. The van der Waals surface area contributed by atoms with Gasteiger partial charge < -0.3 is 14.6 Å². The molecule has 1 aliphatic rings. The molecule has 0 unspecified atom stereocenters. The first-order valence-corrected chi connectivity index (χ1v) is 11.3. The standard InChI is InChI=1S/C20H22BrN5O2S/c1-14-11-15(21)6-7-17(14)22-18(27)13-29-20-24-23-19(25-8-2-3-9-25)26(20)12-16-5-4-10-28-16/h4-7,10-11H,2-3,8-9,12-13H2,1H3,(H,22,27). The molecule has 1 aliphatic heterocycles. The molecule has 1 amide bonds. The molecule has 0 bridgehead atoms. The summed E-state index contributed by atoms with van der Waals surface area (Å²) < 4.78 is 8.54. The van der Waals surface area contributed by atoms with E-state index >= 15 is 0 Å². The molecule has 1 N–H and O–H groups in total. The minimum Gasteiger partial charge on any atom is -0.467 e. The number of thioether (sulfide) groups is 1. The minimum atomic E-state index is -0.0734. The van der Waals surface area contributed by atoms with E-state index in [-0.39, 0.29) is 11.7 Å². The first-order valence-electron chi connectivity index (χ1n) is 9.49. The van der Waals surface area contributed by atoms with Gasteiger partial charge in [-0.1, -0.05) is 27.7 Å². The number of rotatable bonds is 7. The maximum atomic E-state index is 12.5. The Balaban J connectivity index is 1.46. The van der Waals surface area contributed by atoms with E-state index in [1.165, 1.54) is 11.8 Å². The Labute approximate surface area is 182 Å². The second-order valence-corrected chi connectivity index (χ2v) is 8.80. The molecule has 1 saturated heterocycles. The number of nitrogens with one attached hydrogen (secondary N) is 1. The average molecular weight is 476 g/mol. The van der Waals surface area contributed by atoms with Crippen LogP contribution in [-0.4, -0.2) is 39.5 Å². The molecule has 0 spiro atoms. The Morgan fingerprint density at radius 1 is 1.28 bits per heavy atom. The van der Waals surface area contributed by atoms with Crippen LogP contribution in [0.5, 0.6) is 0 Å². The maximum absolute atomic E-state index is 12.5. The van der Waals surface area contributed by atoms with Crippen LogP contribution in [0.15, 0.2) is 50.6 Å². The Morgan fingerprint density at radius 2 is 2.10 bits per heavy atom. The lowest BCUT2D eigenvalue weighted by Crippen LogP contribution is -2.23. The fraction of sp³-hybridized carbons (Fsp3) is 0.350. The lowest BCUT2D eigenvalue weighted by atomic mass is 10.2. The normalized spacial score (nSPS) is 13.8. The SMILES string of the molecule is Cc1cc(Br)ccc1NC(=O)CSc1nnc(N2CCCC2)n1Cc1ccco1. The quantitative estimate of drug-likeness (QED) is 0.512. The number of anilines is 2. The summed E-state index contributed by atoms with van der Waals surface area (Å²) in [4.78, 5) is 14.7. The third-order valence-corrected chi connectivity index (χ3v) is 6.24. The number of hydrogen-bond donors (Lipinski definition) is 1. The van der Waals surface area contributed by atoms with Crippen LogP contribution >= 0.6 is 27.7 Å². The molecule has 2 aromatic heterocycles. The van der Waals surface area contributed by atoms with Crippen molar-refractivity contribution in [2.45, 2.75) is 31.5 Å². The maximum Gasteiger partial charge on any atom is 0.234 e. The van der Waals surface area contributed by atoms with E-state index in [9.17, 15) is 4.79 Å². The summed E-state index contributed by atoms with van der Waals surface area (Å²) in [5.41, 5.74) is 1.82. The van der Waals surface area contributed by atoms with Crippen LogP contribution in [-0.2, 0) is 11.3 Å². The first kappa shape index (κ1) is 20.0. The van der Waals surface area contributed by atoms with Gasteiger partial charge in [0.2, 0.25) is 11.9 Å². The lowest BCUT2D eigenvalue weighted by Gasteiger charge is -2.17. The van der Waals surface area contributed by atoms with Crippen molar-refractivity contribution in [1.82, 2.24) is 14.8 Å². The van der Waals surface area contributed by atoms with E-state index in [2.05, 4.69) is 36.3 Å². The second kappa shape index (κ2) is 9.04. The van der Waals surface area contributed by atoms with Crippen molar-refractivity contribution < 1.29 is 9.21 Å². The van der Waals surface area contributed by atoms with Gasteiger partial charge in [-0.25, -0.2) is 0 Å². The van der Waals surface area contributed by atoms with Gasteiger partial charge in [0, 0.05) is 23.2 Å². The summed E-state index contributed by atoms with van der Waals surface area (Å²) in [6, 6.07) is 9.59. The highest BCUT2D eigenvalue weighted by atomic mass is 79.9. The zero-order valence-corrected chi connectivity index (χ0v) is 18.5. The molecule has 29 heavy (non-hydrogen) atoms. The van der Waals surface area contributed by atoms with Crippen molar-refractivity contribution in [3.8, 4) is 0 Å². The zero-order chi connectivity index (χ0) is 20.2. The molecular weight excluding hydrogens is 454 g/mol. The predicted octanol–water partition coefficient (Wildman–Crippen LogP) is 4.32. The molecule has 0 saturated carbocycles. The fourth-order valence-corrected chi connectivity index (χ4v) is 4.53. The molecule has 1 aromatic carbocycles. The number of furan rings is 1. The number of carbonyl (C=O) groups is 1. The number of halogens is 1. The number of amides is 1. The number of aryl methyl sites for hydroxylation is 1. The summed E-state index contributed by atoms with van der Waals surface area (Å²) in [5, 5.41) is 12.4. The van der Waals surface area contributed by atoms with E-state index in [4.69, 9.17) is 4.42 Å². The minimum absolute atomic E-state index is 0.0734. The molecule has 0 aliphatic carbocycles. The van der Waals surface area contributed by atoms with Gasteiger partial charge in [-0.05, 0) is 55.7 Å². The van der Waals surface area contributed by atoms with Gasteiger partial charge in [-0.2, -0.15) is 0 Å². The highest BCUT2D eigenvalue weighted by Crippen LogP contribution is 2.26. The molecule has 1 fully saturated rings. The molecule has 9 heteroatoms. The van der Waals surface area contributed by atoms with Crippen molar-refractivity contribution in [1.29, 1.82) is 0 Å².